The van der Waals surface area contributed by atoms with Gasteiger partial charge < -0.3 is 14.2 Å². The summed E-state index contributed by atoms with van der Waals surface area (Å²) >= 11 is 0. The van der Waals surface area contributed by atoms with Crippen LogP contribution in [0.1, 0.15) is 20.3 Å². The van der Waals surface area contributed by atoms with Crippen molar-refractivity contribution in [3.63, 3.8) is 0 Å². The van der Waals surface area contributed by atoms with Crippen molar-refractivity contribution in [3.8, 4) is 5.75 Å². The third-order valence-electron chi connectivity index (χ3n) is 5.13. The molecule has 5 nitrogen and oxygen atoms in total. The average Bonchev–Trinajstić information content (AvgIpc) is 2.86. The molecule has 2 atom stereocenters. The Morgan fingerprint density at radius 2 is 1.88 bits per heavy atom. The number of ether oxygens (including phenoxy) is 1. The highest BCUT2D eigenvalue weighted by atomic mass is 16.5. The first-order chi connectivity index (χ1) is 11.6. The second kappa shape index (κ2) is 5.65. The fourth-order valence-corrected chi connectivity index (χ4v) is 4.19. The molecule has 5 heteroatoms. The summed E-state index contributed by atoms with van der Waals surface area (Å²) in [5.74, 6) is 3.29. The number of nitrogens with zero attached hydrogens (tertiary/aromatic N) is 4. The number of benzene rings is 1. The number of aryl methyl sites for hydroxylation is 1. The maximum atomic E-state index is 5.39. The maximum absolute atomic E-state index is 5.39. The predicted molar refractivity (Wildman–Crippen MR) is 97.7 cm³/mol. The van der Waals surface area contributed by atoms with Crippen molar-refractivity contribution in [3.05, 3.63) is 24.5 Å². The van der Waals surface area contributed by atoms with Gasteiger partial charge in [-0.2, -0.15) is 0 Å². The molecule has 1 aliphatic heterocycles. The van der Waals surface area contributed by atoms with E-state index < -0.39 is 0 Å². The molecule has 4 rings (SSSR count). The minimum atomic E-state index is 0.688. The van der Waals surface area contributed by atoms with Crippen molar-refractivity contribution in [1.29, 1.82) is 0 Å². The monoisotopic (exact) mass is 324 g/mol. The summed E-state index contributed by atoms with van der Waals surface area (Å²) in [5.41, 5.74) is 3.27. The van der Waals surface area contributed by atoms with E-state index in [0.717, 1.165) is 46.6 Å². The summed E-state index contributed by atoms with van der Waals surface area (Å²) < 4.78 is 7.60. The molecule has 0 amide bonds. The van der Waals surface area contributed by atoms with Gasteiger partial charge in [0.25, 0.3) is 0 Å². The van der Waals surface area contributed by atoms with Crippen molar-refractivity contribution in [2.75, 3.05) is 25.1 Å². The van der Waals surface area contributed by atoms with Crippen LogP contribution in [0.3, 0.4) is 0 Å². The molecule has 1 saturated heterocycles. The van der Waals surface area contributed by atoms with Gasteiger partial charge in [-0.1, -0.05) is 13.8 Å². The van der Waals surface area contributed by atoms with Crippen molar-refractivity contribution in [1.82, 2.24) is 14.5 Å². The van der Waals surface area contributed by atoms with E-state index in [-0.39, 0.29) is 0 Å². The molecule has 126 valence electrons. The van der Waals surface area contributed by atoms with Crippen LogP contribution in [0.25, 0.3) is 21.9 Å². The summed E-state index contributed by atoms with van der Waals surface area (Å²) in [6.07, 6.45) is 2.98. The van der Waals surface area contributed by atoms with Gasteiger partial charge in [-0.3, -0.25) is 0 Å². The molecule has 0 spiro atoms. The molecule has 0 saturated carbocycles. The molecule has 0 bridgehead atoms. The molecule has 0 unspecified atom stereocenters. The summed E-state index contributed by atoms with van der Waals surface area (Å²) in [7, 11) is 3.80. The van der Waals surface area contributed by atoms with Crippen molar-refractivity contribution >= 4 is 27.8 Å². The van der Waals surface area contributed by atoms with Gasteiger partial charge in [0.05, 0.1) is 12.6 Å². The van der Waals surface area contributed by atoms with Crippen LogP contribution in [0.15, 0.2) is 24.5 Å². The van der Waals surface area contributed by atoms with E-state index in [2.05, 4.69) is 52.5 Å². The molecule has 3 heterocycles. The summed E-state index contributed by atoms with van der Waals surface area (Å²) in [6.45, 7) is 6.77. The second-order valence-corrected chi connectivity index (χ2v) is 7.19. The number of piperidine rings is 1. The Morgan fingerprint density at radius 3 is 2.58 bits per heavy atom. The van der Waals surface area contributed by atoms with Crippen molar-refractivity contribution in [2.45, 2.75) is 20.3 Å². The highest BCUT2D eigenvalue weighted by Gasteiger charge is 2.26. The topological polar surface area (TPSA) is 43.2 Å². The zero-order valence-electron chi connectivity index (χ0n) is 14.8. The smallest absolute Gasteiger partial charge is 0.156 e. The van der Waals surface area contributed by atoms with Gasteiger partial charge in [-0.05, 0) is 36.5 Å². The Bertz CT molecular complexity index is 891. The Balaban J connectivity index is 1.94. The summed E-state index contributed by atoms with van der Waals surface area (Å²) in [5, 5.41) is 1.12. The number of hydrogen-bond acceptors (Lipinski definition) is 4. The Kier molecular flexibility index (Phi) is 3.59. The molecule has 0 aliphatic carbocycles. The minimum absolute atomic E-state index is 0.688. The van der Waals surface area contributed by atoms with E-state index in [9.17, 15) is 0 Å². The highest BCUT2D eigenvalue weighted by molar-refractivity contribution is 6.09. The highest BCUT2D eigenvalue weighted by Crippen LogP contribution is 2.35. The molecule has 1 aliphatic rings. The average molecular weight is 324 g/mol. The number of anilines is 1. The van der Waals surface area contributed by atoms with E-state index in [1.54, 1.807) is 13.4 Å². The first-order valence-electron chi connectivity index (χ1n) is 8.60. The number of methoxy groups -OCH3 is 1. The second-order valence-electron chi connectivity index (χ2n) is 7.19. The fraction of sp³-hybridized carbons (Fsp3) is 0.474. The quantitative estimate of drug-likeness (QED) is 0.722. The molecule has 2 aromatic heterocycles. The van der Waals surface area contributed by atoms with Gasteiger partial charge in [-0.25, -0.2) is 9.97 Å². The lowest BCUT2D eigenvalue weighted by Gasteiger charge is -2.36. The maximum Gasteiger partial charge on any atom is 0.156 e. The van der Waals surface area contributed by atoms with Gasteiger partial charge in [0.15, 0.2) is 5.82 Å². The van der Waals surface area contributed by atoms with Gasteiger partial charge in [0.1, 0.15) is 23.1 Å². The van der Waals surface area contributed by atoms with Gasteiger partial charge in [0.2, 0.25) is 0 Å². The van der Waals surface area contributed by atoms with Gasteiger partial charge in [0, 0.05) is 25.5 Å². The lowest BCUT2D eigenvalue weighted by atomic mass is 9.92. The number of hydrogen-bond donors (Lipinski definition) is 0. The normalized spacial score (nSPS) is 21.6. The van der Waals surface area contributed by atoms with Crippen LogP contribution < -0.4 is 9.64 Å². The fourth-order valence-electron chi connectivity index (χ4n) is 4.19. The summed E-state index contributed by atoms with van der Waals surface area (Å²) in [6, 6.07) is 6.16. The zero-order chi connectivity index (χ0) is 16.8. The summed E-state index contributed by atoms with van der Waals surface area (Å²) in [4.78, 5) is 11.7. The zero-order valence-corrected chi connectivity index (χ0v) is 14.8. The lowest BCUT2D eigenvalue weighted by molar-refractivity contribution is 0.355. The Hall–Kier alpha value is -2.30. The molecule has 24 heavy (non-hydrogen) atoms. The largest absolute Gasteiger partial charge is 0.497 e. The van der Waals surface area contributed by atoms with E-state index >= 15 is 0 Å². The predicted octanol–water partition coefficient (Wildman–Crippen LogP) is 3.61. The molecular weight excluding hydrogens is 300 g/mol. The van der Waals surface area contributed by atoms with Crippen LogP contribution >= 0.6 is 0 Å². The van der Waals surface area contributed by atoms with E-state index in [0.29, 0.717) is 11.8 Å². The first-order valence-corrected chi connectivity index (χ1v) is 8.60. The molecule has 0 N–H and O–H groups in total. The molecule has 1 fully saturated rings. The van der Waals surface area contributed by atoms with Crippen LogP contribution in [-0.4, -0.2) is 34.7 Å². The third kappa shape index (κ3) is 2.30. The first kappa shape index (κ1) is 15.2. The Morgan fingerprint density at radius 1 is 1.12 bits per heavy atom. The molecule has 3 aromatic rings. The van der Waals surface area contributed by atoms with Gasteiger partial charge >= 0.3 is 0 Å². The van der Waals surface area contributed by atoms with E-state index in [1.165, 1.54) is 6.42 Å². The van der Waals surface area contributed by atoms with E-state index in [4.69, 9.17) is 4.74 Å². The lowest BCUT2D eigenvalue weighted by Crippen LogP contribution is -2.39. The van der Waals surface area contributed by atoms with Crippen molar-refractivity contribution < 1.29 is 4.74 Å². The molecular formula is C19H24N4O. The van der Waals surface area contributed by atoms with E-state index in [1.807, 2.05) is 6.07 Å². The van der Waals surface area contributed by atoms with Crippen LogP contribution in [0.4, 0.5) is 5.82 Å². The third-order valence-corrected chi connectivity index (χ3v) is 5.13. The van der Waals surface area contributed by atoms with Crippen LogP contribution in [0.2, 0.25) is 0 Å². The van der Waals surface area contributed by atoms with Crippen LogP contribution in [-0.2, 0) is 7.05 Å². The number of rotatable bonds is 2. The SMILES string of the molecule is COc1ccc2c(c1)c1ncnc(N3C[C@H](C)C[C@@H](C)C3)c1n2C. The standard InChI is InChI=1S/C19H24N4O/c1-12-7-13(2)10-23(9-12)19-18-17(20-11-21-19)15-8-14(24-4)5-6-16(15)22(18)3/h5-6,8,11-13H,7,9-10H2,1-4H3/t12-,13-/m1/s1. The molecule has 1 aromatic carbocycles. The Labute approximate surface area is 142 Å². The number of aromatic nitrogens is 3. The van der Waals surface area contributed by atoms with Crippen molar-refractivity contribution in [2.24, 2.45) is 18.9 Å². The number of fused-ring (bicyclic) bond motifs is 3. The minimum Gasteiger partial charge on any atom is -0.497 e. The van der Waals surface area contributed by atoms with Gasteiger partial charge in [-0.15, -0.1) is 0 Å². The van der Waals surface area contributed by atoms with Crippen LogP contribution in [0.5, 0.6) is 5.75 Å². The van der Waals surface area contributed by atoms with Crippen LogP contribution in [0, 0.1) is 11.8 Å². The molecule has 0 radical (unpaired) electrons.